The SMILES string of the molecule is CCCCOc1cc(Nc2nc(Nc3ccccc3P(OC)OC)c3cc[nH]c3n2)ccc1N1CCC(N(C)CC(C)(C)O)CC1. The normalized spacial score (nSPS) is 14.4. The van der Waals surface area contributed by atoms with Gasteiger partial charge in [0.1, 0.15) is 17.2 Å². The number of piperidine rings is 1. The third-order valence-electron chi connectivity index (χ3n) is 8.14. The van der Waals surface area contributed by atoms with Gasteiger partial charge in [0.15, 0.2) is 0 Å². The van der Waals surface area contributed by atoms with Crippen LogP contribution in [-0.2, 0) is 9.05 Å². The number of nitrogens with one attached hydrogen (secondary N) is 3. The highest BCUT2D eigenvalue weighted by Crippen LogP contribution is 2.39. The molecule has 0 atom stereocenters. The number of hydrogen-bond acceptors (Lipinski definition) is 10. The molecule has 2 aromatic carbocycles. The van der Waals surface area contributed by atoms with Crippen LogP contribution in [0.2, 0.25) is 0 Å². The first kappa shape index (κ1) is 33.9. The van der Waals surface area contributed by atoms with E-state index in [-0.39, 0.29) is 0 Å². The van der Waals surface area contributed by atoms with Crippen molar-refractivity contribution < 1.29 is 18.9 Å². The van der Waals surface area contributed by atoms with Gasteiger partial charge in [0.25, 0.3) is 0 Å². The molecule has 4 aromatic rings. The van der Waals surface area contributed by atoms with Gasteiger partial charge in [-0.25, -0.2) is 0 Å². The van der Waals surface area contributed by atoms with E-state index in [1.54, 1.807) is 14.2 Å². The van der Waals surface area contributed by atoms with Crippen LogP contribution in [0.3, 0.4) is 0 Å². The van der Waals surface area contributed by atoms with Gasteiger partial charge in [0.05, 0.1) is 34.3 Å². The second-order valence-electron chi connectivity index (χ2n) is 12.4. The summed E-state index contributed by atoms with van der Waals surface area (Å²) >= 11 is 0. The molecule has 3 heterocycles. The third kappa shape index (κ3) is 8.46. The van der Waals surface area contributed by atoms with Gasteiger partial charge >= 0.3 is 0 Å². The topological polar surface area (TPSA) is 120 Å². The summed E-state index contributed by atoms with van der Waals surface area (Å²) in [6.45, 7) is 9.07. The summed E-state index contributed by atoms with van der Waals surface area (Å²) in [7, 11) is 4.17. The van der Waals surface area contributed by atoms with Crippen LogP contribution in [0.4, 0.5) is 28.8 Å². The fourth-order valence-corrected chi connectivity index (χ4v) is 7.02. The number of H-pyrrole nitrogens is 1. The maximum Gasteiger partial charge on any atom is 0.231 e. The van der Waals surface area contributed by atoms with Crippen LogP contribution in [0.25, 0.3) is 11.0 Å². The van der Waals surface area contributed by atoms with Crippen LogP contribution in [0.15, 0.2) is 54.7 Å². The molecule has 0 aliphatic carbocycles. The minimum Gasteiger partial charge on any atom is -0.491 e. The summed E-state index contributed by atoms with van der Waals surface area (Å²) in [6.07, 6.45) is 5.96. The molecule has 12 heteroatoms. The molecule has 4 N–H and O–H groups in total. The molecule has 1 aliphatic heterocycles. The molecule has 0 radical (unpaired) electrons. The number of rotatable bonds is 15. The van der Waals surface area contributed by atoms with Gasteiger partial charge in [-0.3, -0.25) is 0 Å². The Kier molecular flexibility index (Phi) is 11.4. The van der Waals surface area contributed by atoms with Gasteiger partial charge in [0.2, 0.25) is 14.3 Å². The van der Waals surface area contributed by atoms with Crippen molar-refractivity contribution in [3.63, 3.8) is 0 Å². The Morgan fingerprint density at radius 3 is 2.54 bits per heavy atom. The van der Waals surface area contributed by atoms with Crippen molar-refractivity contribution in [3.8, 4) is 5.75 Å². The van der Waals surface area contributed by atoms with E-state index in [9.17, 15) is 5.11 Å². The average Bonchev–Trinajstić information content (AvgIpc) is 3.51. The standard InChI is InChI=1S/C34H48N7O4P/c1-7-8-21-45-29-22-24(13-14-28(29)41-19-16-25(17-20-41)40(4)23-34(2,3)42)36-33-38-31-26(15-18-35-31)32(39-33)37-27-11-9-10-12-30(27)46(43-5)44-6/h9-15,18,22,25,42H,7-8,16-17,19-21,23H2,1-6H3,(H3,35,36,37,38,39). The number of fused-ring (bicyclic) bond motifs is 1. The minimum atomic E-state index is -1.24. The summed E-state index contributed by atoms with van der Waals surface area (Å²) in [4.78, 5) is 17.6. The molecule has 0 saturated carbocycles. The largest absolute Gasteiger partial charge is 0.491 e. The number of likely N-dealkylation sites (N-methyl/N-ethyl adjacent to an activating group) is 1. The number of aromatic nitrogens is 3. The van der Waals surface area contributed by atoms with E-state index in [0.29, 0.717) is 36.6 Å². The average molecular weight is 650 g/mol. The first-order valence-electron chi connectivity index (χ1n) is 16.0. The number of anilines is 5. The Morgan fingerprint density at radius 2 is 1.83 bits per heavy atom. The predicted molar refractivity (Wildman–Crippen MR) is 188 cm³/mol. The Hall–Kier alpha value is -3.47. The zero-order valence-corrected chi connectivity index (χ0v) is 28.7. The lowest BCUT2D eigenvalue weighted by Gasteiger charge is -2.40. The van der Waals surface area contributed by atoms with Crippen LogP contribution in [-0.4, -0.2) is 84.1 Å². The molecule has 248 valence electrons. The van der Waals surface area contributed by atoms with Gasteiger partial charge in [0, 0.05) is 57.8 Å². The number of nitrogens with zero attached hydrogens (tertiary/aromatic N) is 4. The highest BCUT2D eigenvalue weighted by Gasteiger charge is 2.27. The van der Waals surface area contributed by atoms with Crippen LogP contribution < -0.4 is 25.6 Å². The van der Waals surface area contributed by atoms with Crippen molar-refractivity contribution >= 4 is 53.5 Å². The number of hydrogen-bond donors (Lipinski definition) is 4. The molecule has 1 saturated heterocycles. The molecule has 0 spiro atoms. The highest BCUT2D eigenvalue weighted by molar-refractivity contribution is 7.56. The molecule has 0 bridgehead atoms. The number of benzene rings is 2. The first-order valence-corrected chi connectivity index (χ1v) is 17.2. The zero-order chi connectivity index (χ0) is 32.7. The predicted octanol–water partition coefficient (Wildman–Crippen LogP) is 6.53. The fourth-order valence-electron chi connectivity index (χ4n) is 5.94. The second kappa shape index (κ2) is 15.4. The first-order chi connectivity index (χ1) is 22.2. The summed E-state index contributed by atoms with van der Waals surface area (Å²) in [5.74, 6) is 1.97. The van der Waals surface area contributed by atoms with Crippen molar-refractivity contribution in [2.75, 3.05) is 63.0 Å². The molecule has 1 aliphatic rings. The van der Waals surface area contributed by atoms with Gasteiger partial charge in [-0.1, -0.05) is 25.5 Å². The van der Waals surface area contributed by atoms with E-state index in [2.05, 4.69) is 51.5 Å². The zero-order valence-electron chi connectivity index (χ0n) is 27.8. The van der Waals surface area contributed by atoms with E-state index in [4.69, 9.17) is 23.8 Å². The molecule has 0 unspecified atom stereocenters. The van der Waals surface area contributed by atoms with Crippen molar-refractivity contribution in [2.45, 2.75) is 58.1 Å². The van der Waals surface area contributed by atoms with Crippen molar-refractivity contribution in [1.82, 2.24) is 19.9 Å². The summed E-state index contributed by atoms with van der Waals surface area (Å²) in [6, 6.07) is 16.6. The van der Waals surface area contributed by atoms with Gasteiger partial charge in [-0.2, -0.15) is 9.97 Å². The van der Waals surface area contributed by atoms with E-state index in [1.165, 1.54) is 0 Å². The Balaban J connectivity index is 1.37. The van der Waals surface area contributed by atoms with Crippen LogP contribution in [0.1, 0.15) is 46.5 Å². The Morgan fingerprint density at radius 1 is 1.07 bits per heavy atom. The van der Waals surface area contributed by atoms with Crippen molar-refractivity contribution in [1.29, 1.82) is 0 Å². The van der Waals surface area contributed by atoms with Crippen LogP contribution in [0.5, 0.6) is 5.75 Å². The van der Waals surface area contributed by atoms with E-state index >= 15 is 0 Å². The fraction of sp³-hybridized carbons (Fsp3) is 0.471. The lowest BCUT2D eigenvalue weighted by atomic mass is 10.0. The summed E-state index contributed by atoms with van der Waals surface area (Å²) < 4.78 is 17.6. The quantitative estimate of drug-likeness (QED) is 0.0837. The summed E-state index contributed by atoms with van der Waals surface area (Å²) in [5.41, 5.74) is 2.80. The number of aromatic amines is 1. The molecule has 0 amide bonds. The van der Waals surface area contributed by atoms with Crippen LogP contribution in [0, 0.1) is 0 Å². The number of unbranched alkanes of at least 4 members (excludes halogenated alkanes) is 1. The van der Waals surface area contributed by atoms with E-state index in [1.807, 2.05) is 56.4 Å². The Bertz CT molecular complexity index is 1560. The molecular weight excluding hydrogens is 601 g/mol. The summed E-state index contributed by atoms with van der Waals surface area (Å²) in [5, 5.41) is 19.0. The molecule has 1 fully saturated rings. The van der Waals surface area contributed by atoms with Crippen LogP contribution >= 0.6 is 8.38 Å². The third-order valence-corrected chi connectivity index (χ3v) is 9.58. The van der Waals surface area contributed by atoms with E-state index in [0.717, 1.165) is 72.3 Å². The van der Waals surface area contributed by atoms with E-state index < -0.39 is 14.0 Å². The maximum absolute atomic E-state index is 10.3. The van der Waals surface area contributed by atoms with Crippen molar-refractivity contribution in [3.05, 3.63) is 54.7 Å². The molecular formula is C34H48N7O4P. The van der Waals surface area contributed by atoms with Gasteiger partial charge in [-0.05, 0) is 70.5 Å². The lowest BCUT2D eigenvalue weighted by molar-refractivity contribution is 0.0274. The highest BCUT2D eigenvalue weighted by atomic mass is 31.2. The molecule has 46 heavy (non-hydrogen) atoms. The van der Waals surface area contributed by atoms with Gasteiger partial charge in [-0.15, -0.1) is 0 Å². The second-order valence-corrected chi connectivity index (χ2v) is 14.1. The minimum absolute atomic E-state index is 0.443. The Labute approximate surface area is 273 Å². The number of aliphatic hydroxyl groups is 1. The maximum atomic E-state index is 10.3. The smallest absolute Gasteiger partial charge is 0.231 e. The van der Waals surface area contributed by atoms with Crippen molar-refractivity contribution in [2.24, 2.45) is 0 Å². The molecule has 2 aromatic heterocycles. The molecule has 11 nitrogen and oxygen atoms in total. The van der Waals surface area contributed by atoms with Gasteiger partial charge < -0.3 is 44.3 Å². The number of para-hydroxylation sites is 1. The lowest BCUT2D eigenvalue weighted by Crippen LogP contribution is -2.47. The monoisotopic (exact) mass is 649 g/mol. The molecule has 5 rings (SSSR count). The number of ether oxygens (including phenoxy) is 1.